The lowest BCUT2D eigenvalue weighted by Gasteiger charge is -2.03. The molecular weight excluding hydrogens is 370 g/mol. The zero-order chi connectivity index (χ0) is 17.3. The average molecular weight is 380 g/mol. The normalized spacial score (nSPS) is 10.6. The summed E-state index contributed by atoms with van der Waals surface area (Å²) in [5.41, 5.74) is 1.50. The van der Waals surface area contributed by atoms with Gasteiger partial charge < -0.3 is 0 Å². The Labute approximate surface area is 149 Å². The number of nitro benzene ring substituents is 1. The van der Waals surface area contributed by atoms with Crippen molar-refractivity contribution in [1.29, 1.82) is 0 Å². The standard InChI is InChI=1S/C15H10ClN3O3S2/c1-8-6-9(2-3-11(8)19(21)22)14(20)18-15-17-10(7-23-15)12-4-5-13(16)24-12/h2-7H,1H3,(H,17,18,20). The maximum atomic E-state index is 12.3. The zero-order valence-electron chi connectivity index (χ0n) is 12.3. The van der Waals surface area contributed by atoms with Crippen LogP contribution in [0, 0.1) is 17.0 Å². The highest BCUT2D eigenvalue weighted by Gasteiger charge is 2.15. The molecule has 2 heterocycles. The predicted octanol–water partition coefficient (Wildman–Crippen LogP) is 4.99. The largest absolute Gasteiger partial charge is 0.298 e. The van der Waals surface area contributed by atoms with Crippen LogP contribution < -0.4 is 5.32 Å². The maximum Gasteiger partial charge on any atom is 0.272 e. The monoisotopic (exact) mass is 379 g/mol. The van der Waals surface area contributed by atoms with Gasteiger partial charge in [0, 0.05) is 22.6 Å². The lowest BCUT2D eigenvalue weighted by Crippen LogP contribution is -2.12. The summed E-state index contributed by atoms with van der Waals surface area (Å²) in [6.45, 7) is 1.59. The summed E-state index contributed by atoms with van der Waals surface area (Å²) in [7, 11) is 0. The van der Waals surface area contributed by atoms with Crippen LogP contribution in [0.5, 0.6) is 0 Å². The van der Waals surface area contributed by atoms with E-state index in [1.54, 1.807) is 13.0 Å². The van der Waals surface area contributed by atoms with E-state index in [9.17, 15) is 14.9 Å². The van der Waals surface area contributed by atoms with Crippen molar-refractivity contribution in [2.75, 3.05) is 5.32 Å². The Kier molecular flexibility index (Phi) is 4.61. The van der Waals surface area contributed by atoms with Crippen molar-refractivity contribution in [3.05, 3.63) is 61.3 Å². The summed E-state index contributed by atoms with van der Waals surface area (Å²) in [6, 6.07) is 7.90. The van der Waals surface area contributed by atoms with Crippen LogP contribution in [0.1, 0.15) is 15.9 Å². The topological polar surface area (TPSA) is 85.1 Å². The van der Waals surface area contributed by atoms with E-state index in [-0.39, 0.29) is 11.6 Å². The lowest BCUT2D eigenvalue weighted by atomic mass is 10.1. The van der Waals surface area contributed by atoms with E-state index in [0.717, 1.165) is 10.6 Å². The molecule has 24 heavy (non-hydrogen) atoms. The summed E-state index contributed by atoms with van der Waals surface area (Å²) in [5, 5.41) is 15.8. The van der Waals surface area contributed by atoms with Crippen LogP contribution in [0.4, 0.5) is 10.8 Å². The fourth-order valence-corrected chi connectivity index (χ4v) is 3.85. The number of thiazole rings is 1. The molecule has 1 amide bonds. The van der Waals surface area contributed by atoms with Crippen molar-refractivity contribution < 1.29 is 9.72 Å². The molecule has 6 nitrogen and oxygen atoms in total. The summed E-state index contributed by atoms with van der Waals surface area (Å²) >= 11 is 8.62. The first-order valence-electron chi connectivity index (χ1n) is 6.71. The Morgan fingerprint density at radius 3 is 2.75 bits per heavy atom. The van der Waals surface area contributed by atoms with E-state index < -0.39 is 4.92 Å². The first-order chi connectivity index (χ1) is 11.4. The maximum absolute atomic E-state index is 12.3. The number of halogens is 1. The second-order valence-electron chi connectivity index (χ2n) is 4.85. The first-order valence-corrected chi connectivity index (χ1v) is 8.79. The van der Waals surface area contributed by atoms with Gasteiger partial charge in [0.2, 0.25) is 0 Å². The van der Waals surface area contributed by atoms with Gasteiger partial charge in [-0.2, -0.15) is 0 Å². The van der Waals surface area contributed by atoms with Gasteiger partial charge >= 0.3 is 0 Å². The van der Waals surface area contributed by atoms with E-state index in [0.29, 0.717) is 20.6 Å². The molecule has 9 heteroatoms. The Balaban J connectivity index is 1.77. The van der Waals surface area contributed by atoms with E-state index in [2.05, 4.69) is 10.3 Å². The highest BCUT2D eigenvalue weighted by molar-refractivity contribution is 7.20. The molecule has 2 aromatic heterocycles. The van der Waals surface area contributed by atoms with Crippen LogP contribution in [0.3, 0.4) is 0 Å². The second-order valence-corrected chi connectivity index (χ2v) is 7.43. The van der Waals surface area contributed by atoms with Gasteiger partial charge in [-0.3, -0.25) is 20.2 Å². The summed E-state index contributed by atoms with van der Waals surface area (Å²) in [5.74, 6) is -0.363. The minimum atomic E-state index is -0.476. The van der Waals surface area contributed by atoms with Crippen LogP contribution in [-0.4, -0.2) is 15.8 Å². The van der Waals surface area contributed by atoms with Crippen molar-refractivity contribution in [2.45, 2.75) is 6.92 Å². The Morgan fingerprint density at radius 1 is 1.33 bits per heavy atom. The third-order valence-corrected chi connectivity index (χ3v) is 5.22. The molecule has 3 rings (SSSR count). The van der Waals surface area contributed by atoms with Gasteiger partial charge in [0.25, 0.3) is 11.6 Å². The number of carbonyl (C=O) groups excluding carboxylic acids is 1. The number of nitrogens with one attached hydrogen (secondary N) is 1. The molecule has 1 N–H and O–H groups in total. The number of nitrogens with zero attached hydrogens (tertiary/aromatic N) is 2. The van der Waals surface area contributed by atoms with E-state index in [1.165, 1.54) is 40.9 Å². The Bertz CT molecular complexity index is 936. The third kappa shape index (κ3) is 3.45. The number of hydrogen-bond donors (Lipinski definition) is 1. The number of anilines is 1. The van der Waals surface area contributed by atoms with Gasteiger partial charge in [0.15, 0.2) is 5.13 Å². The van der Waals surface area contributed by atoms with Crippen molar-refractivity contribution in [2.24, 2.45) is 0 Å². The molecular formula is C15H10ClN3O3S2. The number of benzene rings is 1. The molecule has 0 fully saturated rings. The van der Waals surface area contributed by atoms with Crippen LogP contribution in [0.25, 0.3) is 10.6 Å². The number of aryl methyl sites for hydroxylation is 1. The minimum absolute atomic E-state index is 0.0161. The number of amides is 1. The number of thiophene rings is 1. The number of hydrogen-bond acceptors (Lipinski definition) is 6. The second kappa shape index (κ2) is 6.68. The fraction of sp³-hybridized carbons (Fsp3) is 0.0667. The number of rotatable bonds is 4. The van der Waals surface area contributed by atoms with Gasteiger partial charge in [0.05, 0.1) is 19.8 Å². The minimum Gasteiger partial charge on any atom is -0.298 e. The molecule has 0 atom stereocenters. The van der Waals surface area contributed by atoms with Gasteiger partial charge in [-0.1, -0.05) is 11.6 Å². The van der Waals surface area contributed by atoms with Gasteiger partial charge in [-0.25, -0.2) is 4.98 Å². The van der Waals surface area contributed by atoms with Crippen LogP contribution >= 0.6 is 34.3 Å². The van der Waals surface area contributed by atoms with Gasteiger partial charge in [-0.05, 0) is 31.2 Å². The molecule has 0 radical (unpaired) electrons. The molecule has 3 aromatic rings. The zero-order valence-corrected chi connectivity index (χ0v) is 14.7. The molecule has 0 spiro atoms. The summed E-state index contributed by atoms with van der Waals surface area (Å²) in [6.07, 6.45) is 0. The highest BCUT2D eigenvalue weighted by atomic mass is 35.5. The van der Waals surface area contributed by atoms with Crippen LogP contribution in [0.2, 0.25) is 4.34 Å². The predicted molar refractivity (Wildman–Crippen MR) is 96.2 cm³/mol. The Hall–Kier alpha value is -2.29. The van der Waals surface area contributed by atoms with Crippen LogP contribution in [0.15, 0.2) is 35.7 Å². The Morgan fingerprint density at radius 2 is 2.12 bits per heavy atom. The lowest BCUT2D eigenvalue weighted by molar-refractivity contribution is -0.385. The SMILES string of the molecule is Cc1cc(C(=O)Nc2nc(-c3ccc(Cl)s3)cs2)ccc1[N+](=O)[O-]. The van der Waals surface area contributed by atoms with E-state index in [1.807, 2.05) is 11.4 Å². The number of nitro groups is 1. The quantitative estimate of drug-likeness (QED) is 0.511. The summed E-state index contributed by atoms with van der Waals surface area (Å²) < 4.78 is 0.671. The number of carbonyl (C=O) groups is 1. The van der Waals surface area contributed by atoms with E-state index in [4.69, 9.17) is 11.6 Å². The molecule has 0 aliphatic rings. The van der Waals surface area contributed by atoms with Crippen LogP contribution in [-0.2, 0) is 0 Å². The molecule has 0 unspecified atom stereocenters. The highest BCUT2D eigenvalue weighted by Crippen LogP contribution is 2.33. The molecule has 0 saturated carbocycles. The fourth-order valence-electron chi connectivity index (χ4n) is 2.07. The molecule has 0 aliphatic carbocycles. The third-order valence-electron chi connectivity index (χ3n) is 3.21. The van der Waals surface area contributed by atoms with Crippen molar-refractivity contribution in [1.82, 2.24) is 4.98 Å². The van der Waals surface area contributed by atoms with Crippen molar-refractivity contribution >= 4 is 51.0 Å². The summed E-state index contributed by atoms with van der Waals surface area (Å²) in [4.78, 5) is 27.9. The van der Waals surface area contributed by atoms with Crippen molar-refractivity contribution in [3.63, 3.8) is 0 Å². The smallest absolute Gasteiger partial charge is 0.272 e. The average Bonchev–Trinajstić information content (AvgIpc) is 3.15. The van der Waals surface area contributed by atoms with Crippen molar-refractivity contribution in [3.8, 4) is 10.6 Å². The van der Waals surface area contributed by atoms with E-state index >= 15 is 0 Å². The number of aromatic nitrogens is 1. The van der Waals surface area contributed by atoms with Gasteiger partial charge in [-0.15, -0.1) is 22.7 Å². The van der Waals surface area contributed by atoms with Gasteiger partial charge in [0.1, 0.15) is 0 Å². The molecule has 1 aromatic carbocycles. The molecule has 0 aliphatic heterocycles. The molecule has 0 bridgehead atoms. The molecule has 0 saturated heterocycles. The first kappa shape index (κ1) is 16.6. The molecule has 122 valence electrons.